The second kappa shape index (κ2) is 7.09. The number of carbonyl (C=O) groups is 1. The van der Waals surface area contributed by atoms with E-state index < -0.39 is 11.9 Å². The van der Waals surface area contributed by atoms with Crippen LogP contribution in [0.15, 0.2) is 54.9 Å². The number of anilines is 1. The van der Waals surface area contributed by atoms with Gasteiger partial charge in [0.15, 0.2) is 11.6 Å². The minimum Gasteiger partial charge on any atom is -0.482 e. The predicted octanol–water partition coefficient (Wildman–Crippen LogP) is 3.84. The zero-order valence-electron chi connectivity index (χ0n) is 17.0. The summed E-state index contributed by atoms with van der Waals surface area (Å²) < 4.78 is 22.1. The van der Waals surface area contributed by atoms with Gasteiger partial charge in [-0.25, -0.2) is 14.4 Å². The van der Waals surface area contributed by atoms with Gasteiger partial charge in [0, 0.05) is 36.1 Å². The number of carbonyl (C=O) groups excluding carboxylic acids is 1. The molecule has 0 fully saturated rings. The summed E-state index contributed by atoms with van der Waals surface area (Å²) in [5, 5.41) is 0. The molecule has 0 unspecified atom stereocenters. The lowest BCUT2D eigenvalue weighted by Gasteiger charge is -2.23. The molecule has 1 aliphatic rings. The number of imidazole rings is 1. The Balaban J connectivity index is 1.77. The third-order valence-corrected chi connectivity index (χ3v) is 5.48. The van der Waals surface area contributed by atoms with Crippen molar-refractivity contribution >= 4 is 17.4 Å². The Morgan fingerprint density at radius 3 is 2.90 bits per heavy atom. The van der Waals surface area contributed by atoms with E-state index in [1.165, 1.54) is 18.2 Å². The van der Waals surface area contributed by atoms with Crippen molar-refractivity contribution in [2.75, 3.05) is 12.8 Å². The van der Waals surface area contributed by atoms with Crippen molar-refractivity contribution in [1.82, 2.24) is 19.3 Å². The lowest BCUT2D eigenvalue weighted by atomic mass is 10.0. The van der Waals surface area contributed by atoms with Crippen LogP contribution in [0.2, 0.25) is 0 Å². The van der Waals surface area contributed by atoms with E-state index >= 15 is 0 Å². The summed E-state index contributed by atoms with van der Waals surface area (Å²) in [6.07, 6.45) is 2.95. The van der Waals surface area contributed by atoms with Crippen molar-refractivity contribution in [2.45, 2.75) is 19.6 Å². The highest BCUT2D eigenvalue weighted by atomic mass is 19.1. The van der Waals surface area contributed by atoms with E-state index in [1.807, 2.05) is 28.8 Å². The van der Waals surface area contributed by atoms with Gasteiger partial charge in [-0.1, -0.05) is 6.07 Å². The molecule has 0 saturated carbocycles. The topological polar surface area (TPSA) is 85.8 Å². The normalized spacial score (nSPS) is 16.2. The van der Waals surface area contributed by atoms with Crippen LogP contribution in [0.25, 0.3) is 16.9 Å². The molecule has 0 aliphatic carbocycles. The van der Waals surface area contributed by atoms with Crippen LogP contribution in [0.3, 0.4) is 0 Å². The zero-order chi connectivity index (χ0) is 21.7. The predicted molar refractivity (Wildman–Crippen MR) is 114 cm³/mol. The number of hydrogen-bond acceptors (Lipinski definition) is 5. The number of rotatable bonds is 0. The van der Waals surface area contributed by atoms with E-state index in [0.717, 1.165) is 16.9 Å². The highest BCUT2D eigenvalue weighted by Gasteiger charge is 2.25. The van der Waals surface area contributed by atoms with Gasteiger partial charge in [-0.2, -0.15) is 0 Å². The highest BCUT2D eigenvalue weighted by Crippen LogP contribution is 2.35. The molecule has 2 bridgehead atoms. The quantitative estimate of drug-likeness (QED) is 0.470. The molecule has 7 nitrogen and oxygen atoms in total. The third kappa shape index (κ3) is 3.16. The van der Waals surface area contributed by atoms with Crippen molar-refractivity contribution in [3.05, 3.63) is 77.5 Å². The third-order valence-electron chi connectivity index (χ3n) is 5.48. The first-order chi connectivity index (χ1) is 14.9. The van der Waals surface area contributed by atoms with Crippen molar-refractivity contribution in [3.63, 3.8) is 0 Å². The van der Waals surface area contributed by atoms with Gasteiger partial charge in [0.2, 0.25) is 0 Å². The average Bonchev–Trinajstić information content (AvgIpc) is 3.11. The molecule has 1 atom stereocenters. The van der Waals surface area contributed by atoms with Gasteiger partial charge < -0.3 is 15.4 Å². The molecule has 0 radical (unpaired) electrons. The van der Waals surface area contributed by atoms with E-state index in [2.05, 4.69) is 4.98 Å². The van der Waals surface area contributed by atoms with E-state index in [0.29, 0.717) is 22.6 Å². The van der Waals surface area contributed by atoms with Crippen molar-refractivity contribution < 1.29 is 13.9 Å². The molecule has 156 valence electrons. The molecule has 3 aromatic heterocycles. The molecular weight excluding hydrogens is 397 g/mol. The number of aromatic nitrogens is 3. The standard InChI is InChI=1S/C23H20FN5O2/c1-13-17-10-15(24)6-7-16(17)23(30)28(2)12-18-21(29-8-4-3-5-20(29)27-18)14-9-19(31-13)22(25)26-11-14/h3-11,13H,12H2,1-2H3,(H2,25,26)/t13-/m1/s1. The van der Waals surface area contributed by atoms with Gasteiger partial charge in [-0.05, 0) is 43.3 Å². The number of nitrogens with two attached hydrogens (primary N) is 1. The van der Waals surface area contributed by atoms with Crippen molar-refractivity contribution in [3.8, 4) is 17.0 Å². The molecule has 0 saturated heterocycles. The second-order valence-electron chi connectivity index (χ2n) is 7.60. The molecule has 1 amide bonds. The lowest BCUT2D eigenvalue weighted by Crippen LogP contribution is -2.28. The molecule has 2 N–H and O–H groups in total. The van der Waals surface area contributed by atoms with Crippen LogP contribution in [0.5, 0.6) is 5.75 Å². The van der Waals surface area contributed by atoms with Gasteiger partial charge in [0.25, 0.3) is 5.91 Å². The molecule has 4 heterocycles. The first-order valence-corrected chi connectivity index (χ1v) is 9.86. The van der Waals surface area contributed by atoms with E-state index in [-0.39, 0.29) is 18.3 Å². The fourth-order valence-electron chi connectivity index (χ4n) is 3.96. The summed E-state index contributed by atoms with van der Waals surface area (Å²) in [7, 11) is 1.70. The first-order valence-electron chi connectivity index (χ1n) is 9.86. The minimum absolute atomic E-state index is 0.212. The van der Waals surface area contributed by atoms with Crippen LogP contribution in [0.1, 0.15) is 34.6 Å². The number of benzene rings is 1. The largest absolute Gasteiger partial charge is 0.482 e. The van der Waals surface area contributed by atoms with Crippen molar-refractivity contribution in [2.24, 2.45) is 0 Å². The highest BCUT2D eigenvalue weighted by molar-refractivity contribution is 5.95. The molecule has 1 aliphatic heterocycles. The second-order valence-corrected chi connectivity index (χ2v) is 7.60. The van der Waals surface area contributed by atoms with Gasteiger partial charge in [-0.15, -0.1) is 0 Å². The van der Waals surface area contributed by atoms with Crippen LogP contribution in [-0.2, 0) is 6.54 Å². The summed E-state index contributed by atoms with van der Waals surface area (Å²) in [6, 6.07) is 11.6. The number of ether oxygens (including phenoxy) is 1. The fraction of sp³-hybridized carbons (Fsp3) is 0.174. The van der Waals surface area contributed by atoms with Crippen LogP contribution in [-0.4, -0.2) is 32.2 Å². The van der Waals surface area contributed by atoms with Gasteiger partial charge in [-0.3, -0.25) is 9.20 Å². The first kappa shape index (κ1) is 19.0. The molecule has 4 aromatic rings. The number of hydrogen-bond donors (Lipinski definition) is 1. The summed E-state index contributed by atoms with van der Waals surface area (Å²) in [4.78, 5) is 23.9. The molecule has 31 heavy (non-hydrogen) atoms. The Morgan fingerprint density at radius 2 is 2.06 bits per heavy atom. The Labute approximate surface area is 177 Å². The van der Waals surface area contributed by atoms with E-state index in [9.17, 15) is 9.18 Å². The maximum Gasteiger partial charge on any atom is 0.254 e. The Kier molecular flexibility index (Phi) is 4.35. The van der Waals surface area contributed by atoms with Crippen molar-refractivity contribution in [1.29, 1.82) is 0 Å². The Hall–Kier alpha value is -3.94. The van der Waals surface area contributed by atoms with Gasteiger partial charge in [0.05, 0.1) is 17.9 Å². The SMILES string of the molecule is C[C@H]1Oc2cc(cnc2N)-c2c(nc3ccccn23)CN(C)C(=O)c2ccc(F)cc21. The molecule has 1 aromatic carbocycles. The Morgan fingerprint density at radius 1 is 1.23 bits per heavy atom. The number of nitrogens with zero attached hydrogens (tertiary/aromatic N) is 4. The summed E-state index contributed by atoms with van der Waals surface area (Å²) in [5.41, 5.74) is 9.90. The van der Waals surface area contributed by atoms with E-state index in [4.69, 9.17) is 15.5 Å². The molecule has 5 rings (SSSR count). The summed E-state index contributed by atoms with van der Waals surface area (Å²) in [6.45, 7) is 2.02. The average molecular weight is 417 g/mol. The number of nitrogen functional groups attached to an aromatic ring is 1. The number of halogens is 1. The van der Waals surface area contributed by atoms with Crippen LogP contribution >= 0.6 is 0 Å². The van der Waals surface area contributed by atoms with Gasteiger partial charge >= 0.3 is 0 Å². The van der Waals surface area contributed by atoms with Gasteiger partial charge in [0.1, 0.15) is 17.6 Å². The van der Waals surface area contributed by atoms with Crippen LogP contribution in [0, 0.1) is 5.82 Å². The smallest absolute Gasteiger partial charge is 0.254 e. The molecule has 8 heteroatoms. The monoisotopic (exact) mass is 417 g/mol. The number of pyridine rings is 2. The maximum absolute atomic E-state index is 14.0. The number of amides is 1. The molecular formula is C23H20FN5O2. The summed E-state index contributed by atoms with van der Waals surface area (Å²) >= 11 is 0. The van der Waals surface area contributed by atoms with Crippen LogP contribution in [0.4, 0.5) is 10.2 Å². The number of fused-ring (bicyclic) bond motifs is 7. The fourth-order valence-corrected chi connectivity index (χ4v) is 3.96. The van der Waals surface area contributed by atoms with Crippen LogP contribution < -0.4 is 10.5 Å². The Bertz CT molecular complexity index is 1330. The lowest BCUT2D eigenvalue weighted by molar-refractivity contribution is 0.0778. The summed E-state index contributed by atoms with van der Waals surface area (Å²) in [5.74, 6) is -0.120. The molecule has 0 spiro atoms. The minimum atomic E-state index is -0.622. The zero-order valence-corrected chi connectivity index (χ0v) is 17.0. The van der Waals surface area contributed by atoms with E-state index in [1.54, 1.807) is 31.1 Å². The maximum atomic E-state index is 14.0.